The number of rotatable bonds is 3. The van der Waals surface area contributed by atoms with Gasteiger partial charge in [0.25, 0.3) is 5.91 Å². The van der Waals surface area contributed by atoms with Crippen molar-refractivity contribution in [2.45, 2.75) is 44.2 Å². The quantitative estimate of drug-likeness (QED) is 0.550. The van der Waals surface area contributed by atoms with Crippen LogP contribution in [0.3, 0.4) is 0 Å². The summed E-state index contributed by atoms with van der Waals surface area (Å²) < 4.78 is 16.7. The van der Waals surface area contributed by atoms with Crippen LogP contribution in [0, 0.1) is 5.92 Å². The average molecular weight is 412 g/mol. The molecule has 2 fully saturated rings. The lowest BCUT2D eigenvalue weighted by Crippen LogP contribution is -2.66. The first kappa shape index (κ1) is 19.1. The predicted octanol–water partition coefficient (Wildman–Crippen LogP) is 1.51. The number of piperidine rings is 1. The molecule has 2 saturated heterocycles. The fraction of sp³-hybridized carbons (Fsp3) is 0.500. The Morgan fingerprint density at radius 3 is 2.73 bits per heavy atom. The summed E-state index contributed by atoms with van der Waals surface area (Å²) in [7, 11) is 3.06. The van der Waals surface area contributed by atoms with Crippen molar-refractivity contribution in [1.82, 2.24) is 9.80 Å². The van der Waals surface area contributed by atoms with Crippen LogP contribution in [0.1, 0.15) is 37.4 Å². The molecule has 0 unspecified atom stereocenters. The summed E-state index contributed by atoms with van der Waals surface area (Å²) in [5, 5.41) is 0. The summed E-state index contributed by atoms with van der Waals surface area (Å²) >= 11 is 0. The van der Waals surface area contributed by atoms with Gasteiger partial charge in [-0.1, -0.05) is 24.3 Å². The lowest BCUT2D eigenvalue weighted by atomic mass is 9.81. The van der Waals surface area contributed by atoms with E-state index in [1.165, 1.54) is 7.11 Å². The van der Waals surface area contributed by atoms with Gasteiger partial charge in [0, 0.05) is 25.1 Å². The van der Waals surface area contributed by atoms with Crippen molar-refractivity contribution in [1.29, 1.82) is 0 Å². The summed E-state index contributed by atoms with van der Waals surface area (Å²) in [6, 6.07) is 7.08. The van der Waals surface area contributed by atoms with Crippen LogP contribution in [0.25, 0.3) is 0 Å². The third-order valence-corrected chi connectivity index (χ3v) is 7.03. The van der Waals surface area contributed by atoms with Gasteiger partial charge >= 0.3 is 11.9 Å². The molecule has 8 nitrogen and oxygen atoms in total. The van der Waals surface area contributed by atoms with Gasteiger partial charge in [0.2, 0.25) is 11.4 Å². The van der Waals surface area contributed by atoms with Crippen molar-refractivity contribution in [2.75, 3.05) is 20.8 Å². The monoisotopic (exact) mass is 412 g/mol. The highest BCUT2D eigenvalue weighted by atomic mass is 16.6. The number of amides is 1. The number of hydrogen-bond donors (Lipinski definition) is 0. The number of ether oxygens (including phenoxy) is 3. The molecule has 4 heterocycles. The molecular weight excluding hydrogens is 388 g/mol. The molecule has 0 radical (unpaired) electrons. The fourth-order valence-corrected chi connectivity index (χ4v) is 5.73. The largest absolute Gasteiger partial charge is 0.466 e. The van der Waals surface area contributed by atoms with Gasteiger partial charge in [0.1, 0.15) is 0 Å². The normalized spacial score (nSPS) is 33.4. The van der Waals surface area contributed by atoms with E-state index in [0.717, 1.165) is 11.1 Å². The molecule has 4 aliphatic heterocycles. The zero-order valence-corrected chi connectivity index (χ0v) is 17.4. The standard InChI is InChI=1S/C22H24N2O6/c1-5-29-18(25)16-12(2)23(3)22-14-10-13-8-6-7-9-15(13)17(16)24(22)19(26)21(11-14,30-22)20(27)28-4/h6-9,14,17H,5,10-11H2,1-4H3/t14-,17-,21-,22-/m1/s1. The van der Waals surface area contributed by atoms with Gasteiger partial charge in [0.15, 0.2) is 0 Å². The summed E-state index contributed by atoms with van der Waals surface area (Å²) in [6.07, 6.45) is 0.853. The van der Waals surface area contributed by atoms with Crippen molar-refractivity contribution >= 4 is 17.8 Å². The van der Waals surface area contributed by atoms with E-state index in [9.17, 15) is 14.4 Å². The van der Waals surface area contributed by atoms with Crippen molar-refractivity contribution in [3.8, 4) is 0 Å². The summed E-state index contributed by atoms with van der Waals surface area (Å²) in [4.78, 5) is 43.0. The number of carbonyl (C=O) groups is 3. The highest BCUT2D eigenvalue weighted by Crippen LogP contribution is 2.63. The maximum atomic E-state index is 13.7. The van der Waals surface area contributed by atoms with Crippen LogP contribution in [-0.2, 0) is 35.0 Å². The first-order valence-electron chi connectivity index (χ1n) is 10.1. The Morgan fingerprint density at radius 2 is 2.03 bits per heavy atom. The van der Waals surface area contributed by atoms with Crippen LogP contribution in [0.2, 0.25) is 0 Å². The van der Waals surface area contributed by atoms with E-state index in [4.69, 9.17) is 14.2 Å². The minimum absolute atomic E-state index is 0.163. The Kier molecular flexibility index (Phi) is 3.87. The molecule has 1 aromatic rings. The maximum absolute atomic E-state index is 13.7. The lowest BCUT2D eigenvalue weighted by Gasteiger charge is -2.53. The van der Waals surface area contributed by atoms with Gasteiger partial charge in [-0.2, -0.15) is 0 Å². The first-order valence-corrected chi connectivity index (χ1v) is 10.1. The molecule has 30 heavy (non-hydrogen) atoms. The first-order chi connectivity index (χ1) is 14.3. The molecule has 0 aliphatic carbocycles. The molecule has 8 heteroatoms. The van der Waals surface area contributed by atoms with Crippen LogP contribution in [0.4, 0.5) is 0 Å². The number of benzene rings is 1. The average Bonchev–Trinajstić information content (AvgIpc) is 3.18. The summed E-state index contributed by atoms with van der Waals surface area (Å²) in [5.41, 5.74) is 1.26. The topological polar surface area (TPSA) is 85.4 Å². The third-order valence-electron chi connectivity index (χ3n) is 7.03. The molecule has 0 saturated carbocycles. The number of allylic oxidation sites excluding steroid dienone is 1. The van der Waals surface area contributed by atoms with E-state index in [0.29, 0.717) is 17.7 Å². The van der Waals surface area contributed by atoms with Crippen LogP contribution in [0.15, 0.2) is 35.5 Å². The summed E-state index contributed by atoms with van der Waals surface area (Å²) in [5.74, 6) is -2.96. The van der Waals surface area contributed by atoms with Gasteiger partial charge in [-0.05, 0) is 31.4 Å². The second-order valence-electron chi connectivity index (χ2n) is 8.24. The van der Waals surface area contributed by atoms with E-state index in [1.54, 1.807) is 18.9 Å². The second-order valence-corrected chi connectivity index (χ2v) is 8.24. The predicted molar refractivity (Wildman–Crippen MR) is 103 cm³/mol. The van der Waals surface area contributed by atoms with Gasteiger partial charge in [-0.15, -0.1) is 0 Å². The molecule has 3 bridgehead atoms. The van der Waals surface area contributed by atoms with E-state index in [1.807, 2.05) is 36.1 Å². The van der Waals surface area contributed by atoms with Gasteiger partial charge in [-0.3, -0.25) is 9.69 Å². The van der Waals surface area contributed by atoms with Gasteiger partial charge in [-0.25, -0.2) is 9.59 Å². The molecule has 4 atom stereocenters. The zero-order chi connectivity index (χ0) is 21.4. The van der Waals surface area contributed by atoms with Crippen molar-refractivity contribution in [2.24, 2.45) is 5.92 Å². The number of esters is 2. The maximum Gasteiger partial charge on any atom is 0.348 e. The van der Waals surface area contributed by atoms with Crippen LogP contribution in [0.5, 0.6) is 0 Å². The molecule has 1 aromatic carbocycles. The number of nitrogens with zero attached hydrogens (tertiary/aromatic N) is 2. The smallest absolute Gasteiger partial charge is 0.348 e. The molecule has 158 valence electrons. The van der Waals surface area contributed by atoms with E-state index in [-0.39, 0.29) is 18.9 Å². The highest BCUT2D eigenvalue weighted by Gasteiger charge is 2.79. The number of hydrogen-bond acceptors (Lipinski definition) is 7. The fourth-order valence-electron chi connectivity index (χ4n) is 5.73. The molecule has 4 aliphatic rings. The summed E-state index contributed by atoms with van der Waals surface area (Å²) in [6.45, 7) is 3.80. The molecule has 0 aromatic heterocycles. The minimum Gasteiger partial charge on any atom is -0.466 e. The molecular formula is C22H24N2O6. The number of carbonyl (C=O) groups excluding carboxylic acids is 3. The Labute approximate surface area is 174 Å². The van der Waals surface area contributed by atoms with Gasteiger partial charge in [0.05, 0.1) is 25.3 Å². The SMILES string of the molecule is CCOC(=O)C1=C(C)N(C)[C@]23O[C@]4(C(=O)OC)C[C@H]2Cc2ccccc2[C@H]1N3C4=O. The Bertz CT molecular complexity index is 1020. The van der Waals surface area contributed by atoms with Crippen molar-refractivity contribution in [3.05, 3.63) is 46.7 Å². The highest BCUT2D eigenvalue weighted by molar-refractivity contribution is 6.10. The van der Waals surface area contributed by atoms with Crippen LogP contribution in [-0.4, -0.2) is 59.9 Å². The Morgan fingerprint density at radius 1 is 1.30 bits per heavy atom. The Hall–Kier alpha value is -2.87. The van der Waals surface area contributed by atoms with Crippen LogP contribution < -0.4 is 0 Å². The second kappa shape index (κ2) is 6.07. The Balaban J connectivity index is 1.81. The minimum atomic E-state index is -1.70. The molecule has 0 N–H and O–H groups in total. The third kappa shape index (κ3) is 1.97. The molecule has 5 rings (SSSR count). The molecule has 1 spiro atoms. The van der Waals surface area contributed by atoms with Gasteiger partial charge < -0.3 is 19.1 Å². The van der Waals surface area contributed by atoms with Crippen molar-refractivity contribution < 1.29 is 28.6 Å². The molecule has 1 amide bonds. The number of methoxy groups -OCH3 is 1. The number of fused-ring (bicyclic) bond motifs is 3. The van der Waals surface area contributed by atoms with E-state index < -0.39 is 35.3 Å². The lowest BCUT2D eigenvalue weighted by molar-refractivity contribution is -0.217. The van der Waals surface area contributed by atoms with E-state index >= 15 is 0 Å². The van der Waals surface area contributed by atoms with Crippen molar-refractivity contribution in [3.63, 3.8) is 0 Å². The van der Waals surface area contributed by atoms with E-state index in [2.05, 4.69) is 0 Å². The zero-order valence-electron chi connectivity index (χ0n) is 17.4. The van der Waals surface area contributed by atoms with Crippen LogP contribution >= 0.6 is 0 Å².